The molecule has 0 aliphatic carbocycles. The van der Waals surface area contributed by atoms with Crippen molar-refractivity contribution in [3.63, 3.8) is 0 Å². The van der Waals surface area contributed by atoms with E-state index in [0.717, 1.165) is 15.3 Å². The van der Waals surface area contributed by atoms with Crippen molar-refractivity contribution < 1.29 is 4.92 Å². The second-order valence-corrected chi connectivity index (χ2v) is 7.06. The molecule has 25 heavy (non-hydrogen) atoms. The van der Waals surface area contributed by atoms with Gasteiger partial charge < -0.3 is 4.90 Å². The summed E-state index contributed by atoms with van der Waals surface area (Å²) >= 11 is 7.32. The lowest BCUT2D eigenvalue weighted by Crippen LogP contribution is -2.30. The summed E-state index contributed by atoms with van der Waals surface area (Å²) in [5, 5.41) is 12.0. The summed E-state index contributed by atoms with van der Waals surface area (Å²) < 4.78 is 0. The molecule has 0 saturated carbocycles. The van der Waals surface area contributed by atoms with Crippen LogP contribution >= 0.6 is 35.3 Å². The average Bonchev–Trinajstić information content (AvgIpc) is 3.16. The lowest BCUT2D eigenvalue weighted by Gasteiger charge is -2.18. The first kappa shape index (κ1) is 19.4. The lowest BCUT2D eigenvalue weighted by atomic mass is 10.2. The van der Waals surface area contributed by atoms with Crippen molar-refractivity contribution >= 4 is 47.3 Å². The minimum Gasteiger partial charge on any atom is -0.345 e. The van der Waals surface area contributed by atoms with Gasteiger partial charge >= 0.3 is 5.70 Å². The second kappa shape index (κ2) is 8.42. The molecular weight excluding hydrogens is 383 g/mol. The zero-order chi connectivity index (χ0) is 17.1. The summed E-state index contributed by atoms with van der Waals surface area (Å²) in [6.07, 6.45) is 3.27. The third-order valence-corrected chi connectivity index (χ3v) is 4.73. The predicted octanol–water partition coefficient (Wildman–Crippen LogP) is 4.06. The molecule has 0 bridgehead atoms. The van der Waals surface area contributed by atoms with Gasteiger partial charge in [0.05, 0.1) is 11.5 Å². The normalized spacial score (nSPS) is 14.2. The largest absolute Gasteiger partial charge is 0.345 e. The maximum absolute atomic E-state index is 11.5. The van der Waals surface area contributed by atoms with Gasteiger partial charge in [0.15, 0.2) is 0 Å². The first-order valence-corrected chi connectivity index (χ1v) is 8.55. The number of nitrogens with zero attached hydrogens (tertiary/aromatic N) is 4. The van der Waals surface area contributed by atoms with Crippen LogP contribution in [0.2, 0.25) is 5.15 Å². The number of halogens is 2. The Balaban J connectivity index is 0.00000225. The zero-order valence-corrected chi connectivity index (χ0v) is 15.8. The van der Waals surface area contributed by atoms with Gasteiger partial charge in [0.25, 0.3) is 0 Å². The fourth-order valence-electron chi connectivity index (χ4n) is 2.46. The number of pyridine rings is 1. The summed E-state index contributed by atoms with van der Waals surface area (Å²) in [7, 11) is 0. The van der Waals surface area contributed by atoms with E-state index in [4.69, 9.17) is 11.6 Å². The van der Waals surface area contributed by atoms with Crippen LogP contribution in [-0.4, -0.2) is 33.7 Å². The number of hydrogen-bond donors (Lipinski definition) is 0. The summed E-state index contributed by atoms with van der Waals surface area (Å²) in [6.45, 7) is 3.68. The van der Waals surface area contributed by atoms with Crippen LogP contribution in [0.3, 0.4) is 0 Å². The molecule has 0 N–H and O–H groups in total. The smallest absolute Gasteiger partial charge is 0.312 e. The molecule has 0 spiro atoms. The van der Waals surface area contributed by atoms with Crippen molar-refractivity contribution in [3.8, 4) is 0 Å². The Labute approximate surface area is 160 Å². The molecule has 3 rings (SSSR count). The van der Waals surface area contributed by atoms with E-state index in [1.165, 1.54) is 11.3 Å². The van der Waals surface area contributed by atoms with Crippen LogP contribution in [0.15, 0.2) is 41.2 Å². The Morgan fingerprint density at radius 3 is 2.84 bits per heavy atom. The van der Waals surface area contributed by atoms with Crippen molar-refractivity contribution in [2.75, 3.05) is 13.1 Å². The van der Waals surface area contributed by atoms with Crippen molar-refractivity contribution in [1.82, 2.24) is 9.88 Å². The van der Waals surface area contributed by atoms with Crippen LogP contribution in [0.5, 0.6) is 0 Å². The van der Waals surface area contributed by atoms with Gasteiger partial charge in [-0.25, -0.2) is 4.98 Å². The third kappa shape index (κ3) is 4.78. The summed E-state index contributed by atoms with van der Waals surface area (Å²) in [5.41, 5.74) is 0.958. The number of amidine groups is 1. The molecule has 0 saturated heterocycles. The van der Waals surface area contributed by atoms with Crippen LogP contribution in [0.4, 0.5) is 0 Å². The Morgan fingerprint density at radius 2 is 2.24 bits per heavy atom. The van der Waals surface area contributed by atoms with E-state index in [1.54, 1.807) is 18.3 Å². The van der Waals surface area contributed by atoms with Crippen molar-refractivity contribution in [2.45, 2.75) is 13.5 Å². The number of aromatic nitrogens is 1. The summed E-state index contributed by atoms with van der Waals surface area (Å²) in [5.74, 6) is 0.418. The van der Waals surface area contributed by atoms with Crippen LogP contribution < -0.4 is 0 Å². The zero-order valence-electron chi connectivity index (χ0n) is 13.4. The maximum atomic E-state index is 11.5. The molecule has 1 aliphatic rings. The Morgan fingerprint density at radius 1 is 1.44 bits per heavy atom. The van der Waals surface area contributed by atoms with Crippen molar-refractivity contribution in [1.29, 1.82) is 0 Å². The Hall–Kier alpha value is -1.96. The molecule has 2 aromatic rings. The van der Waals surface area contributed by atoms with Gasteiger partial charge in [-0.3, -0.25) is 15.1 Å². The van der Waals surface area contributed by atoms with Gasteiger partial charge in [0.1, 0.15) is 5.15 Å². The molecule has 0 atom stereocenters. The number of thiophene rings is 1. The minimum atomic E-state index is -0.369. The van der Waals surface area contributed by atoms with Crippen LogP contribution in [0.25, 0.3) is 6.08 Å². The molecule has 0 radical (unpaired) electrons. The number of aryl methyl sites for hydroxylation is 1. The van der Waals surface area contributed by atoms with Crippen LogP contribution in [-0.2, 0) is 6.54 Å². The molecule has 2 aromatic heterocycles. The number of hydrogen-bond acceptors (Lipinski definition) is 6. The molecule has 0 fully saturated rings. The fraction of sp³-hybridized carbons (Fsp3) is 0.250. The Bertz CT molecular complexity index is 818. The SMILES string of the molecule is Cc1ccc(/C=C(/C2=NCCN2Cc2ccc(Cl)nc2)[N+](=O)[O-])s1.Cl. The quantitative estimate of drug-likeness (QED) is 0.432. The number of aliphatic imine (C=N–C) groups is 1. The van der Waals surface area contributed by atoms with Crippen LogP contribution in [0.1, 0.15) is 15.3 Å². The van der Waals surface area contributed by atoms with Crippen molar-refractivity contribution in [3.05, 3.63) is 66.7 Å². The first-order chi connectivity index (χ1) is 11.5. The van der Waals surface area contributed by atoms with Gasteiger partial charge in [-0.2, -0.15) is 0 Å². The number of nitro groups is 1. The first-order valence-electron chi connectivity index (χ1n) is 7.35. The van der Waals surface area contributed by atoms with E-state index in [0.29, 0.717) is 30.6 Å². The molecule has 1 aliphatic heterocycles. The van der Waals surface area contributed by atoms with Gasteiger partial charge in [0.2, 0.25) is 5.84 Å². The molecule has 132 valence electrons. The van der Waals surface area contributed by atoms with Gasteiger partial charge in [-0.15, -0.1) is 23.7 Å². The topological polar surface area (TPSA) is 71.6 Å². The van der Waals surface area contributed by atoms with Crippen molar-refractivity contribution in [2.24, 2.45) is 4.99 Å². The predicted molar refractivity (Wildman–Crippen MR) is 103 cm³/mol. The summed E-state index contributed by atoms with van der Waals surface area (Å²) in [4.78, 5) is 23.4. The van der Waals surface area contributed by atoms with Gasteiger partial charge in [-0.05, 0) is 30.7 Å². The average molecular weight is 399 g/mol. The highest BCUT2D eigenvalue weighted by atomic mass is 35.5. The number of rotatable bonds is 5. The molecule has 0 aromatic carbocycles. The van der Waals surface area contributed by atoms with E-state index in [-0.39, 0.29) is 23.0 Å². The summed E-state index contributed by atoms with van der Waals surface area (Å²) in [6, 6.07) is 7.40. The van der Waals surface area contributed by atoms with Crippen LogP contribution in [0, 0.1) is 17.0 Å². The second-order valence-electron chi connectivity index (χ2n) is 5.35. The van der Waals surface area contributed by atoms with E-state index in [2.05, 4.69) is 9.98 Å². The maximum Gasteiger partial charge on any atom is 0.312 e. The van der Waals surface area contributed by atoms with E-state index < -0.39 is 0 Å². The highest BCUT2D eigenvalue weighted by Crippen LogP contribution is 2.22. The standard InChI is InChI=1S/C16H15ClN4O2S.ClH/c1-11-2-4-13(24-11)8-14(21(22)23)16-18-6-7-20(16)10-12-3-5-15(17)19-9-12;/h2-5,8-9H,6-7,10H2,1H3;1H/b14-8-;. The third-order valence-electron chi connectivity index (χ3n) is 3.56. The molecule has 9 heteroatoms. The fourth-order valence-corrected chi connectivity index (χ4v) is 3.39. The Kier molecular flexibility index (Phi) is 6.52. The lowest BCUT2D eigenvalue weighted by molar-refractivity contribution is -0.414. The van der Waals surface area contributed by atoms with Gasteiger partial charge in [-0.1, -0.05) is 17.7 Å². The molecule has 3 heterocycles. The van der Waals surface area contributed by atoms with Gasteiger partial charge in [0, 0.05) is 35.1 Å². The molecule has 0 unspecified atom stereocenters. The van der Waals surface area contributed by atoms with E-state index in [9.17, 15) is 10.1 Å². The molecule has 0 amide bonds. The highest BCUT2D eigenvalue weighted by Gasteiger charge is 2.29. The van der Waals surface area contributed by atoms with E-state index in [1.807, 2.05) is 30.0 Å². The molecule has 6 nitrogen and oxygen atoms in total. The molecular formula is C16H16Cl2N4O2S. The monoisotopic (exact) mass is 398 g/mol. The van der Waals surface area contributed by atoms with E-state index >= 15 is 0 Å². The highest BCUT2D eigenvalue weighted by molar-refractivity contribution is 7.12. The minimum absolute atomic E-state index is 0.